The molecular weight excluding hydrogens is 378 g/mol. The fourth-order valence-electron chi connectivity index (χ4n) is 4.67. The molecule has 1 fully saturated rings. The zero-order valence-corrected chi connectivity index (χ0v) is 18.6. The first-order chi connectivity index (χ1) is 14.4. The maximum Gasteiger partial charge on any atom is 0.223 e. The van der Waals surface area contributed by atoms with Gasteiger partial charge in [0.2, 0.25) is 5.91 Å². The largest absolute Gasteiger partial charge is 0.486 e. The van der Waals surface area contributed by atoms with Crippen molar-refractivity contribution in [3.63, 3.8) is 0 Å². The first-order valence-corrected chi connectivity index (χ1v) is 11.2. The van der Waals surface area contributed by atoms with E-state index in [1.807, 2.05) is 6.07 Å². The van der Waals surface area contributed by atoms with Crippen molar-refractivity contribution in [1.82, 2.24) is 14.7 Å². The molecule has 1 amide bonds. The summed E-state index contributed by atoms with van der Waals surface area (Å²) >= 11 is 0. The Labute approximate surface area is 179 Å². The SMILES string of the molecule is Cc1nn(CC(C)C)c(C)c1CCC(=O)N1CCC[C@@H]1c1ccc2c(c1)OCCO2. The van der Waals surface area contributed by atoms with Crippen LogP contribution in [0.3, 0.4) is 0 Å². The van der Waals surface area contributed by atoms with Crippen molar-refractivity contribution in [3.05, 3.63) is 40.7 Å². The number of carbonyl (C=O) groups is 1. The number of aryl methyl sites for hydroxylation is 1. The van der Waals surface area contributed by atoms with Crippen LogP contribution in [-0.2, 0) is 17.8 Å². The number of fused-ring (bicyclic) bond motifs is 1. The standard InChI is InChI=1S/C24H33N3O3/c1-16(2)15-27-18(4)20(17(3)25-27)8-10-24(28)26-11-5-6-21(26)19-7-9-22-23(14-19)30-13-12-29-22/h7,9,14,16,21H,5-6,8,10-13,15H2,1-4H3/t21-/m1/s1. The third-order valence-corrected chi connectivity index (χ3v) is 6.18. The average Bonchev–Trinajstić information content (AvgIpc) is 3.31. The van der Waals surface area contributed by atoms with Crippen molar-refractivity contribution in [3.8, 4) is 11.5 Å². The number of ether oxygens (including phenoxy) is 2. The van der Waals surface area contributed by atoms with E-state index in [-0.39, 0.29) is 11.9 Å². The van der Waals surface area contributed by atoms with E-state index in [0.29, 0.717) is 25.6 Å². The number of hydrogen-bond donors (Lipinski definition) is 0. The molecule has 0 N–H and O–H groups in total. The van der Waals surface area contributed by atoms with Crippen LogP contribution in [0, 0.1) is 19.8 Å². The van der Waals surface area contributed by atoms with E-state index < -0.39 is 0 Å². The van der Waals surface area contributed by atoms with Gasteiger partial charge in [-0.3, -0.25) is 9.48 Å². The van der Waals surface area contributed by atoms with Crippen LogP contribution < -0.4 is 9.47 Å². The minimum absolute atomic E-state index is 0.124. The molecule has 30 heavy (non-hydrogen) atoms. The van der Waals surface area contributed by atoms with Crippen LogP contribution in [-0.4, -0.2) is 40.3 Å². The highest BCUT2D eigenvalue weighted by Gasteiger charge is 2.31. The van der Waals surface area contributed by atoms with Gasteiger partial charge in [-0.2, -0.15) is 5.10 Å². The minimum Gasteiger partial charge on any atom is -0.486 e. The summed E-state index contributed by atoms with van der Waals surface area (Å²) in [6.45, 7) is 11.5. The van der Waals surface area contributed by atoms with E-state index in [1.54, 1.807) is 0 Å². The first-order valence-electron chi connectivity index (χ1n) is 11.2. The molecule has 0 bridgehead atoms. The Morgan fingerprint density at radius 3 is 2.73 bits per heavy atom. The minimum atomic E-state index is 0.124. The number of amides is 1. The Kier molecular flexibility index (Phi) is 6.02. The fraction of sp³-hybridized carbons (Fsp3) is 0.583. The molecule has 6 nitrogen and oxygen atoms in total. The number of rotatable bonds is 6. The van der Waals surface area contributed by atoms with E-state index in [0.717, 1.165) is 55.1 Å². The zero-order chi connectivity index (χ0) is 21.3. The molecule has 1 saturated heterocycles. The fourth-order valence-corrected chi connectivity index (χ4v) is 4.67. The molecule has 4 rings (SSSR count). The van der Waals surface area contributed by atoms with Gasteiger partial charge in [0.05, 0.1) is 11.7 Å². The highest BCUT2D eigenvalue weighted by atomic mass is 16.6. The number of nitrogens with zero attached hydrogens (tertiary/aromatic N) is 3. The summed E-state index contributed by atoms with van der Waals surface area (Å²) in [5, 5.41) is 4.70. The Hall–Kier alpha value is -2.50. The predicted octanol–water partition coefficient (Wildman–Crippen LogP) is 4.22. The van der Waals surface area contributed by atoms with Crippen molar-refractivity contribution in [1.29, 1.82) is 0 Å². The number of benzene rings is 1. The van der Waals surface area contributed by atoms with Crippen LogP contribution in [0.15, 0.2) is 18.2 Å². The predicted molar refractivity (Wildman–Crippen MR) is 116 cm³/mol. The van der Waals surface area contributed by atoms with Crippen molar-refractivity contribution in [2.45, 2.75) is 66.0 Å². The van der Waals surface area contributed by atoms with Crippen LogP contribution in [0.2, 0.25) is 0 Å². The van der Waals surface area contributed by atoms with E-state index in [4.69, 9.17) is 14.6 Å². The summed E-state index contributed by atoms with van der Waals surface area (Å²) in [4.78, 5) is 15.2. The third kappa shape index (κ3) is 4.18. The van der Waals surface area contributed by atoms with Gasteiger partial charge in [-0.1, -0.05) is 19.9 Å². The molecule has 2 aliphatic rings. The average molecular weight is 412 g/mol. The van der Waals surface area contributed by atoms with Crippen LogP contribution in [0.25, 0.3) is 0 Å². The Morgan fingerprint density at radius 2 is 1.97 bits per heavy atom. The summed E-state index contributed by atoms with van der Waals surface area (Å²) in [6.07, 6.45) is 3.31. The molecule has 0 spiro atoms. The summed E-state index contributed by atoms with van der Waals surface area (Å²) in [5.41, 5.74) is 4.60. The third-order valence-electron chi connectivity index (χ3n) is 6.18. The quantitative estimate of drug-likeness (QED) is 0.714. The lowest BCUT2D eigenvalue weighted by Gasteiger charge is -2.27. The van der Waals surface area contributed by atoms with Gasteiger partial charge in [-0.05, 0) is 62.3 Å². The summed E-state index contributed by atoms with van der Waals surface area (Å²) < 4.78 is 13.5. The van der Waals surface area contributed by atoms with E-state index >= 15 is 0 Å². The number of hydrogen-bond acceptors (Lipinski definition) is 4. The lowest BCUT2D eigenvalue weighted by Crippen LogP contribution is -2.31. The molecule has 1 aromatic carbocycles. The molecule has 0 radical (unpaired) electrons. The van der Waals surface area contributed by atoms with Crippen molar-refractivity contribution in [2.24, 2.45) is 5.92 Å². The highest BCUT2D eigenvalue weighted by molar-refractivity contribution is 5.77. The van der Waals surface area contributed by atoms with Crippen molar-refractivity contribution < 1.29 is 14.3 Å². The topological polar surface area (TPSA) is 56.6 Å². The van der Waals surface area contributed by atoms with E-state index in [2.05, 4.69) is 49.4 Å². The molecule has 1 aromatic heterocycles. The molecule has 0 aliphatic carbocycles. The highest BCUT2D eigenvalue weighted by Crippen LogP contribution is 2.38. The second-order valence-corrected chi connectivity index (χ2v) is 8.87. The summed E-state index contributed by atoms with van der Waals surface area (Å²) in [5.74, 6) is 2.36. The summed E-state index contributed by atoms with van der Waals surface area (Å²) in [7, 11) is 0. The zero-order valence-electron chi connectivity index (χ0n) is 18.6. The monoisotopic (exact) mass is 411 g/mol. The van der Waals surface area contributed by atoms with Gasteiger partial charge in [-0.25, -0.2) is 0 Å². The molecule has 2 aliphatic heterocycles. The molecule has 3 heterocycles. The van der Waals surface area contributed by atoms with Gasteiger partial charge in [0.15, 0.2) is 11.5 Å². The van der Waals surface area contributed by atoms with Crippen molar-refractivity contribution >= 4 is 5.91 Å². The van der Waals surface area contributed by atoms with Gasteiger partial charge in [0, 0.05) is 25.2 Å². The van der Waals surface area contributed by atoms with E-state index in [9.17, 15) is 4.79 Å². The molecule has 1 atom stereocenters. The maximum atomic E-state index is 13.1. The summed E-state index contributed by atoms with van der Waals surface area (Å²) in [6, 6.07) is 6.23. The van der Waals surface area contributed by atoms with Gasteiger partial charge in [0.1, 0.15) is 13.2 Å². The molecule has 0 saturated carbocycles. The Morgan fingerprint density at radius 1 is 1.20 bits per heavy atom. The molecule has 0 unspecified atom stereocenters. The maximum absolute atomic E-state index is 13.1. The van der Waals surface area contributed by atoms with Gasteiger partial charge < -0.3 is 14.4 Å². The molecular formula is C24H33N3O3. The van der Waals surface area contributed by atoms with Gasteiger partial charge in [-0.15, -0.1) is 0 Å². The molecule has 6 heteroatoms. The Balaban J connectivity index is 1.44. The smallest absolute Gasteiger partial charge is 0.223 e. The Bertz CT molecular complexity index is 919. The molecule has 2 aromatic rings. The second-order valence-electron chi connectivity index (χ2n) is 8.87. The normalized spacial score (nSPS) is 18.3. The first kappa shape index (κ1) is 20.8. The van der Waals surface area contributed by atoms with Gasteiger partial charge in [0.25, 0.3) is 0 Å². The van der Waals surface area contributed by atoms with Crippen LogP contribution >= 0.6 is 0 Å². The van der Waals surface area contributed by atoms with Crippen molar-refractivity contribution in [2.75, 3.05) is 19.8 Å². The lowest BCUT2D eigenvalue weighted by molar-refractivity contribution is -0.132. The van der Waals surface area contributed by atoms with Crippen LogP contribution in [0.4, 0.5) is 0 Å². The van der Waals surface area contributed by atoms with E-state index in [1.165, 1.54) is 11.3 Å². The number of likely N-dealkylation sites (tertiary alicyclic amines) is 1. The number of carbonyl (C=O) groups excluding carboxylic acids is 1. The number of aromatic nitrogens is 2. The van der Waals surface area contributed by atoms with Crippen LogP contribution in [0.5, 0.6) is 11.5 Å². The lowest BCUT2D eigenvalue weighted by atomic mass is 10.0. The second kappa shape index (κ2) is 8.70. The van der Waals surface area contributed by atoms with Gasteiger partial charge >= 0.3 is 0 Å². The van der Waals surface area contributed by atoms with Crippen LogP contribution in [0.1, 0.15) is 61.7 Å². The molecule has 162 valence electrons.